The Bertz CT molecular complexity index is 1050. The number of nitrogens with one attached hydrogen (secondary N) is 2. The molecule has 2 N–H and O–H groups in total. The molecule has 1 atom stereocenters. The van der Waals surface area contributed by atoms with E-state index in [2.05, 4.69) is 17.0 Å². The molecule has 1 unspecified atom stereocenters. The first kappa shape index (κ1) is 24.7. The number of amides is 2. The van der Waals surface area contributed by atoms with Gasteiger partial charge in [0.2, 0.25) is 21.8 Å². The molecule has 3 rings (SSSR count). The highest BCUT2D eigenvalue weighted by atomic mass is 32.2. The summed E-state index contributed by atoms with van der Waals surface area (Å²) < 4.78 is 32.6. The highest BCUT2D eigenvalue weighted by Crippen LogP contribution is 2.27. The van der Waals surface area contributed by atoms with Crippen LogP contribution in [0.4, 0.5) is 11.4 Å². The molecule has 0 spiro atoms. The number of benzene rings is 2. The summed E-state index contributed by atoms with van der Waals surface area (Å²) in [6.07, 6.45) is 4.08. The van der Waals surface area contributed by atoms with E-state index < -0.39 is 15.9 Å². The molecule has 9 heteroatoms. The molecule has 0 aromatic heterocycles. The second-order valence-electron chi connectivity index (χ2n) is 8.08. The lowest BCUT2D eigenvalue weighted by Crippen LogP contribution is -2.28. The lowest BCUT2D eigenvalue weighted by Gasteiger charge is -2.17. The van der Waals surface area contributed by atoms with Crippen molar-refractivity contribution in [2.24, 2.45) is 5.92 Å². The number of hydrogen-bond donors (Lipinski definition) is 2. The number of hydrogen-bond acceptors (Lipinski definition) is 5. The maximum absolute atomic E-state index is 12.7. The predicted octanol–water partition coefficient (Wildman–Crippen LogP) is 3.55. The predicted molar refractivity (Wildman–Crippen MR) is 128 cm³/mol. The average Bonchev–Trinajstić information content (AvgIpc) is 3.21. The average molecular weight is 474 g/mol. The molecule has 1 heterocycles. The molecule has 178 valence electrons. The van der Waals surface area contributed by atoms with Crippen molar-refractivity contribution in [3.63, 3.8) is 0 Å². The number of unbranched alkanes of at least 4 members (excludes halogenated alkanes) is 3. The summed E-state index contributed by atoms with van der Waals surface area (Å²) in [5, 5.41) is 2.79. The van der Waals surface area contributed by atoms with Crippen LogP contribution in [0.5, 0.6) is 5.75 Å². The molecular weight excluding hydrogens is 442 g/mol. The number of carbonyl (C=O) groups excluding carboxylic acids is 2. The van der Waals surface area contributed by atoms with E-state index in [1.165, 1.54) is 12.1 Å². The lowest BCUT2D eigenvalue weighted by atomic mass is 10.1. The van der Waals surface area contributed by atoms with Crippen molar-refractivity contribution in [1.82, 2.24) is 4.72 Å². The molecule has 8 nitrogen and oxygen atoms in total. The van der Waals surface area contributed by atoms with Crippen molar-refractivity contribution >= 4 is 33.2 Å². The van der Waals surface area contributed by atoms with Gasteiger partial charge in [-0.05, 0) is 55.0 Å². The van der Waals surface area contributed by atoms with Crippen LogP contribution >= 0.6 is 0 Å². The number of rotatable bonds is 11. The van der Waals surface area contributed by atoms with Gasteiger partial charge in [-0.3, -0.25) is 9.59 Å². The number of sulfonamides is 1. The monoisotopic (exact) mass is 473 g/mol. The first-order valence-electron chi connectivity index (χ1n) is 11.2. The Morgan fingerprint density at radius 1 is 1.06 bits per heavy atom. The SMILES string of the molecule is CCCCCCNS(=O)(=O)c1ccc(NC(=O)C2CC(=O)N(c3ccc(OC)cc3)C2)cc1. The Labute approximate surface area is 195 Å². The molecule has 0 bridgehead atoms. The number of nitrogens with zero attached hydrogens (tertiary/aromatic N) is 1. The van der Waals surface area contributed by atoms with Gasteiger partial charge in [0.15, 0.2) is 0 Å². The first-order valence-corrected chi connectivity index (χ1v) is 12.7. The minimum Gasteiger partial charge on any atom is -0.497 e. The lowest BCUT2D eigenvalue weighted by molar-refractivity contribution is -0.122. The Morgan fingerprint density at radius 3 is 2.39 bits per heavy atom. The van der Waals surface area contributed by atoms with Crippen LogP contribution in [0.2, 0.25) is 0 Å². The molecule has 33 heavy (non-hydrogen) atoms. The van der Waals surface area contributed by atoms with E-state index in [0.29, 0.717) is 23.7 Å². The fourth-order valence-corrected chi connectivity index (χ4v) is 4.77. The van der Waals surface area contributed by atoms with E-state index in [1.807, 2.05) is 0 Å². The summed E-state index contributed by atoms with van der Waals surface area (Å²) in [7, 11) is -2.01. The zero-order valence-electron chi connectivity index (χ0n) is 19.0. The molecule has 2 amide bonds. The van der Waals surface area contributed by atoms with Crippen molar-refractivity contribution in [2.45, 2.75) is 43.9 Å². The molecule has 2 aromatic carbocycles. The maximum Gasteiger partial charge on any atom is 0.240 e. The van der Waals surface area contributed by atoms with Crippen LogP contribution in [-0.2, 0) is 19.6 Å². The zero-order chi connectivity index (χ0) is 23.8. The highest BCUT2D eigenvalue weighted by molar-refractivity contribution is 7.89. The minimum atomic E-state index is -3.58. The highest BCUT2D eigenvalue weighted by Gasteiger charge is 2.35. The Morgan fingerprint density at radius 2 is 1.76 bits per heavy atom. The molecule has 1 aliphatic heterocycles. The normalized spacial score (nSPS) is 16.1. The molecular formula is C24H31N3O5S. The van der Waals surface area contributed by atoms with Crippen LogP contribution in [-0.4, -0.2) is 40.4 Å². The van der Waals surface area contributed by atoms with E-state index in [-0.39, 0.29) is 29.7 Å². The minimum absolute atomic E-state index is 0.117. The Hall–Kier alpha value is -2.91. The molecule has 0 aliphatic carbocycles. The van der Waals surface area contributed by atoms with Gasteiger partial charge in [-0.25, -0.2) is 13.1 Å². The second-order valence-corrected chi connectivity index (χ2v) is 9.84. The van der Waals surface area contributed by atoms with Gasteiger partial charge in [0, 0.05) is 30.9 Å². The molecule has 1 fully saturated rings. The van der Waals surface area contributed by atoms with Crippen molar-refractivity contribution < 1.29 is 22.7 Å². The van der Waals surface area contributed by atoms with Crippen LogP contribution in [0.1, 0.15) is 39.0 Å². The quantitative estimate of drug-likeness (QED) is 0.486. The molecule has 0 saturated carbocycles. The Kier molecular flexibility index (Phi) is 8.46. The fourth-order valence-electron chi connectivity index (χ4n) is 3.70. The summed E-state index contributed by atoms with van der Waals surface area (Å²) >= 11 is 0. The third kappa shape index (κ3) is 6.55. The van der Waals surface area contributed by atoms with E-state index in [0.717, 1.165) is 25.7 Å². The smallest absolute Gasteiger partial charge is 0.240 e. The van der Waals surface area contributed by atoms with Gasteiger partial charge in [-0.1, -0.05) is 26.2 Å². The van der Waals surface area contributed by atoms with Gasteiger partial charge in [0.25, 0.3) is 0 Å². The third-order valence-corrected chi connectivity index (χ3v) is 7.11. The van der Waals surface area contributed by atoms with E-state index in [4.69, 9.17) is 4.74 Å². The second kappa shape index (κ2) is 11.3. The number of carbonyl (C=O) groups is 2. The first-order chi connectivity index (χ1) is 15.8. The number of methoxy groups -OCH3 is 1. The van der Waals surface area contributed by atoms with Crippen molar-refractivity contribution in [3.8, 4) is 5.75 Å². The summed E-state index contributed by atoms with van der Waals surface area (Å²) in [6, 6.07) is 13.2. The van der Waals surface area contributed by atoms with Gasteiger partial charge in [0.05, 0.1) is 17.9 Å². The number of anilines is 2. The van der Waals surface area contributed by atoms with Crippen molar-refractivity contribution in [1.29, 1.82) is 0 Å². The summed E-state index contributed by atoms with van der Waals surface area (Å²) in [5.74, 6) is -0.194. The zero-order valence-corrected chi connectivity index (χ0v) is 19.9. The van der Waals surface area contributed by atoms with Gasteiger partial charge >= 0.3 is 0 Å². The largest absolute Gasteiger partial charge is 0.497 e. The molecule has 1 aliphatic rings. The van der Waals surface area contributed by atoms with Crippen molar-refractivity contribution in [3.05, 3.63) is 48.5 Å². The number of ether oxygens (including phenoxy) is 1. The fraction of sp³-hybridized carbons (Fsp3) is 0.417. The van der Waals surface area contributed by atoms with Crippen LogP contribution in [0.3, 0.4) is 0 Å². The van der Waals surface area contributed by atoms with E-state index in [9.17, 15) is 18.0 Å². The Balaban J connectivity index is 1.55. The van der Waals surface area contributed by atoms with Crippen LogP contribution < -0.4 is 19.7 Å². The van der Waals surface area contributed by atoms with Gasteiger partial charge in [-0.15, -0.1) is 0 Å². The maximum atomic E-state index is 12.7. The van der Waals surface area contributed by atoms with Crippen LogP contribution in [0.15, 0.2) is 53.4 Å². The summed E-state index contributed by atoms with van der Waals surface area (Å²) in [6.45, 7) is 2.79. The van der Waals surface area contributed by atoms with Crippen LogP contribution in [0, 0.1) is 5.92 Å². The third-order valence-electron chi connectivity index (χ3n) is 5.63. The standard InChI is InChI=1S/C24H31N3O5S/c1-3-4-5-6-15-25-33(30,31)22-13-7-19(8-14-22)26-24(29)18-16-23(28)27(17-18)20-9-11-21(32-2)12-10-20/h7-14,18,25H,3-6,15-17H2,1-2H3,(H,26,29). The topological polar surface area (TPSA) is 105 Å². The molecule has 2 aromatic rings. The van der Waals surface area contributed by atoms with Crippen molar-refractivity contribution in [2.75, 3.05) is 30.4 Å². The van der Waals surface area contributed by atoms with E-state index in [1.54, 1.807) is 48.4 Å². The van der Waals surface area contributed by atoms with Gasteiger partial charge < -0.3 is 15.0 Å². The van der Waals surface area contributed by atoms with Crippen LogP contribution in [0.25, 0.3) is 0 Å². The van der Waals surface area contributed by atoms with Gasteiger partial charge in [-0.2, -0.15) is 0 Å². The molecule has 1 saturated heterocycles. The molecule has 0 radical (unpaired) electrons. The summed E-state index contributed by atoms with van der Waals surface area (Å²) in [5.41, 5.74) is 1.20. The summed E-state index contributed by atoms with van der Waals surface area (Å²) in [4.78, 5) is 26.9. The van der Waals surface area contributed by atoms with Gasteiger partial charge in [0.1, 0.15) is 5.75 Å². The van der Waals surface area contributed by atoms with E-state index >= 15 is 0 Å².